The van der Waals surface area contributed by atoms with Gasteiger partial charge in [0.1, 0.15) is 5.82 Å². The van der Waals surface area contributed by atoms with Crippen LogP contribution in [0.15, 0.2) is 42.5 Å². The normalized spacial score (nSPS) is 11.5. The average molecular weight is 401 g/mol. The molecule has 0 aliphatic heterocycles. The Morgan fingerprint density at radius 1 is 1.11 bits per heavy atom. The first-order valence-corrected chi connectivity index (χ1v) is 10.9. The van der Waals surface area contributed by atoms with Crippen LogP contribution >= 0.6 is 0 Å². The van der Waals surface area contributed by atoms with Crippen molar-refractivity contribution in [2.45, 2.75) is 20.3 Å². The molecule has 0 unspecified atom stereocenters. The molecule has 0 saturated carbocycles. The monoisotopic (exact) mass is 400 g/mol. The van der Waals surface area contributed by atoms with Crippen LogP contribution in [-0.4, -0.2) is 36.2 Å². The Bertz CT molecular complexity index is 1100. The third kappa shape index (κ3) is 4.17. The lowest BCUT2D eigenvalue weighted by Crippen LogP contribution is -2.22. The molecule has 0 radical (unpaired) electrons. The molecular weight excluding hydrogens is 376 g/mol. The van der Waals surface area contributed by atoms with Gasteiger partial charge in [-0.05, 0) is 43.7 Å². The van der Waals surface area contributed by atoms with E-state index in [2.05, 4.69) is 15.0 Å². The summed E-state index contributed by atoms with van der Waals surface area (Å²) in [6, 6.07) is 12.6. The number of nitrogens with zero attached hydrogens (tertiary/aromatic N) is 2. The highest BCUT2D eigenvalue weighted by Gasteiger charge is 2.14. The average Bonchev–Trinajstić information content (AvgIpc) is 2.97. The fraction of sp³-hybridized carbons (Fsp3) is 0.300. The summed E-state index contributed by atoms with van der Waals surface area (Å²) in [5.41, 5.74) is 3.55. The van der Waals surface area contributed by atoms with Gasteiger partial charge in [-0.15, -0.1) is 0 Å². The van der Waals surface area contributed by atoms with E-state index in [4.69, 9.17) is 0 Å². The Morgan fingerprint density at radius 3 is 2.46 bits per heavy atom. The molecule has 1 amide bonds. The lowest BCUT2D eigenvalue weighted by molar-refractivity contribution is 0.0956. The number of hydrogen-bond donors (Lipinski definition) is 2. The maximum Gasteiger partial charge on any atom is 0.251 e. The highest BCUT2D eigenvalue weighted by atomic mass is 32.2. The molecule has 0 aliphatic carbocycles. The molecule has 0 fully saturated rings. The molecule has 148 valence electrons. The predicted molar refractivity (Wildman–Crippen MR) is 112 cm³/mol. The molecule has 28 heavy (non-hydrogen) atoms. The number of sulfonamides is 1. The van der Waals surface area contributed by atoms with Gasteiger partial charge in [0.15, 0.2) is 0 Å². The Balaban J connectivity index is 1.92. The van der Waals surface area contributed by atoms with Crippen molar-refractivity contribution in [2.75, 3.05) is 17.0 Å². The number of hydrogen-bond acceptors (Lipinski definition) is 4. The van der Waals surface area contributed by atoms with E-state index in [1.165, 1.54) is 0 Å². The van der Waals surface area contributed by atoms with Gasteiger partial charge in [-0.25, -0.2) is 13.4 Å². The molecule has 7 nitrogen and oxygen atoms in total. The van der Waals surface area contributed by atoms with Crippen LogP contribution in [-0.2, 0) is 17.1 Å². The molecule has 0 atom stereocenters. The number of benzene rings is 2. The number of carbonyl (C=O) groups excluding carboxylic acids is 1. The van der Waals surface area contributed by atoms with Crippen LogP contribution in [0.1, 0.15) is 30.6 Å². The van der Waals surface area contributed by atoms with Gasteiger partial charge in [-0.1, -0.05) is 19.1 Å². The Hall–Kier alpha value is -2.87. The van der Waals surface area contributed by atoms with E-state index >= 15 is 0 Å². The molecular formula is C20H24N4O3S. The minimum Gasteiger partial charge on any atom is -0.352 e. The fourth-order valence-corrected chi connectivity index (χ4v) is 4.18. The minimum atomic E-state index is -3.35. The summed E-state index contributed by atoms with van der Waals surface area (Å²) in [7, 11) is -1.44. The number of aromatic nitrogens is 2. The SMILES string of the molecule is CCCS(=O)(=O)Nc1ccc2c(c1)nc(-c1ccc(C(=O)NCC)cc1)n2C. The van der Waals surface area contributed by atoms with Gasteiger partial charge < -0.3 is 9.88 Å². The number of fused-ring (bicyclic) bond motifs is 1. The molecule has 0 spiro atoms. The smallest absolute Gasteiger partial charge is 0.251 e. The zero-order chi connectivity index (χ0) is 20.3. The standard InChI is InChI=1S/C20H24N4O3S/c1-4-12-28(26,27)23-16-10-11-18-17(13-16)22-19(24(18)3)14-6-8-15(9-7-14)20(25)21-5-2/h6-11,13,23H,4-5,12H2,1-3H3,(H,21,25). The molecule has 3 aromatic rings. The van der Waals surface area contributed by atoms with E-state index < -0.39 is 10.0 Å². The summed E-state index contributed by atoms with van der Waals surface area (Å²) in [5, 5.41) is 2.77. The highest BCUT2D eigenvalue weighted by Crippen LogP contribution is 2.26. The van der Waals surface area contributed by atoms with Crippen molar-refractivity contribution in [1.82, 2.24) is 14.9 Å². The largest absolute Gasteiger partial charge is 0.352 e. The van der Waals surface area contributed by atoms with E-state index in [-0.39, 0.29) is 11.7 Å². The maximum absolute atomic E-state index is 12.0. The zero-order valence-electron chi connectivity index (χ0n) is 16.2. The first kappa shape index (κ1) is 19.9. The van der Waals surface area contributed by atoms with Crippen LogP contribution in [0.4, 0.5) is 5.69 Å². The molecule has 3 rings (SSSR count). The zero-order valence-corrected chi connectivity index (χ0v) is 17.0. The van der Waals surface area contributed by atoms with Gasteiger partial charge in [0.25, 0.3) is 5.91 Å². The first-order chi connectivity index (χ1) is 13.3. The number of aryl methyl sites for hydroxylation is 1. The maximum atomic E-state index is 12.0. The number of anilines is 1. The van der Waals surface area contributed by atoms with E-state index in [1.54, 1.807) is 24.3 Å². The molecule has 0 saturated heterocycles. The Kier molecular flexibility index (Phi) is 5.69. The van der Waals surface area contributed by atoms with Gasteiger partial charge in [-0.2, -0.15) is 0 Å². The van der Waals surface area contributed by atoms with Crippen molar-refractivity contribution in [3.63, 3.8) is 0 Å². The van der Waals surface area contributed by atoms with Gasteiger partial charge in [0.2, 0.25) is 10.0 Å². The summed E-state index contributed by atoms with van der Waals surface area (Å²) in [4.78, 5) is 16.6. The molecule has 0 bridgehead atoms. The number of carbonyl (C=O) groups is 1. The molecule has 0 aliphatic rings. The van der Waals surface area contributed by atoms with Gasteiger partial charge in [0.05, 0.1) is 22.5 Å². The van der Waals surface area contributed by atoms with Crippen molar-refractivity contribution < 1.29 is 13.2 Å². The quantitative estimate of drug-likeness (QED) is 0.637. The topological polar surface area (TPSA) is 93.1 Å². The van der Waals surface area contributed by atoms with E-state index in [0.717, 1.165) is 16.9 Å². The second kappa shape index (κ2) is 8.02. The Morgan fingerprint density at radius 2 is 1.82 bits per heavy atom. The van der Waals surface area contributed by atoms with Crippen LogP contribution in [0, 0.1) is 0 Å². The van der Waals surface area contributed by atoms with Crippen LogP contribution in [0.3, 0.4) is 0 Å². The lowest BCUT2D eigenvalue weighted by Gasteiger charge is -2.07. The van der Waals surface area contributed by atoms with Crippen molar-refractivity contribution in [3.8, 4) is 11.4 Å². The summed E-state index contributed by atoms with van der Waals surface area (Å²) in [5.74, 6) is 0.713. The summed E-state index contributed by atoms with van der Waals surface area (Å²) < 4.78 is 28.5. The van der Waals surface area contributed by atoms with Crippen molar-refractivity contribution in [2.24, 2.45) is 7.05 Å². The minimum absolute atomic E-state index is 0.0798. The lowest BCUT2D eigenvalue weighted by atomic mass is 10.1. The number of nitrogens with one attached hydrogen (secondary N) is 2. The Labute approximate surface area is 164 Å². The number of rotatable bonds is 7. The molecule has 1 heterocycles. The first-order valence-electron chi connectivity index (χ1n) is 9.20. The molecule has 8 heteroatoms. The van der Waals surface area contributed by atoms with Crippen molar-refractivity contribution >= 4 is 32.7 Å². The van der Waals surface area contributed by atoms with Crippen LogP contribution in [0.5, 0.6) is 0 Å². The van der Waals surface area contributed by atoms with E-state index in [1.807, 2.05) is 43.7 Å². The summed E-state index contributed by atoms with van der Waals surface area (Å²) in [6.07, 6.45) is 0.553. The predicted octanol–water partition coefficient (Wildman–Crippen LogP) is 3.14. The van der Waals surface area contributed by atoms with Crippen LogP contribution in [0.25, 0.3) is 22.4 Å². The highest BCUT2D eigenvalue weighted by molar-refractivity contribution is 7.92. The van der Waals surface area contributed by atoms with Crippen LogP contribution in [0.2, 0.25) is 0 Å². The fourth-order valence-electron chi connectivity index (χ4n) is 3.05. The molecule has 1 aromatic heterocycles. The number of amides is 1. The second-order valence-electron chi connectivity index (χ2n) is 6.56. The van der Waals surface area contributed by atoms with E-state index in [0.29, 0.717) is 29.7 Å². The van der Waals surface area contributed by atoms with E-state index in [9.17, 15) is 13.2 Å². The molecule has 2 N–H and O–H groups in total. The molecule has 2 aromatic carbocycles. The van der Waals surface area contributed by atoms with Crippen LogP contribution < -0.4 is 10.0 Å². The van der Waals surface area contributed by atoms with Gasteiger partial charge in [0, 0.05) is 24.7 Å². The van der Waals surface area contributed by atoms with Gasteiger partial charge in [-0.3, -0.25) is 9.52 Å². The number of imidazole rings is 1. The third-order valence-electron chi connectivity index (χ3n) is 4.37. The third-order valence-corrected chi connectivity index (χ3v) is 5.86. The van der Waals surface area contributed by atoms with Gasteiger partial charge >= 0.3 is 0 Å². The van der Waals surface area contributed by atoms with Crippen molar-refractivity contribution in [3.05, 3.63) is 48.0 Å². The summed E-state index contributed by atoms with van der Waals surface area (Å²) in [6.45, 7) is 4.28. The van der Waals surface area contributed by atoms with Crippen molar-refractivity contribution in [1.29, 1.82) is 0 Å². The summed E-state index contributed by atoms with van der Waals surface area (Å²) >= 11 is 0. The second-order valence-corrected chi connectivity index (χ2v) is 8.40.